The van der Waals surface area contributed by atoms with Crippen molar-refractivity contribution in [3.05, 3.63) is 82.9 Å². The lowest BCUT2D eigenvalue weighted by Crippen LogP contribution is -2.27. The van der Waals surface area contributed by atoms with E-state index in [4.69, 9.17) is 0 Å². The van der Waals surface area contributed by atoms with Crippen molar-refractivity contribution in [2.45, 2.75) is 34.1 Å². The summed E-state index contributed by atoms with van der Waals surface area (Å²) in [6.45, 7) is 9.81. The summed E-state index contributed by atoms with van der Waals surface area (Å²) >= 11 is 0. The summed E-state index contributed by atoms with van der Waals surface area (Å²) in [6, 6.07) is 14.0. The van der Waals surface area contributed by atoms with Gasteiger partial charge in [-0.3, -0.25) is 9.78 Å². The van der Waals surface area contributed by atoms with Crippen molar-refractivity contribution in [2.75, 3.05) is 27.2 Å². The maximum atomic E-state index is 12.4. The van der Waals surface area contributed by atoms with Crippen LogP contribution in [-0.4, -0.2) is 57.6 Å². The SMILES string of the molecule is Cc1cc(C)cc(C)c1.Cc1nc2c(-c3cccc(C(=O)NCCCN(C)C)c3)nccn2n1. The molecular formula is C27H34N6O. The molecule has 0 saturated carbocycles. The third-order valence-electron chi connectivity index (χ3n) is 5.19. The molecule has 0 aliphatic heterocycles. The molecule has 34 heavy (non-hydrogen) atoms. The lowest BCUT2D eigenvalue weighted by molar-refractivity contribution is 0.0952. The Bertz CT molecular complexity index is 1210. The highest BCUT2D eigenvalue weighted by molar-refractivity contribution is 5.95. The van der Waals surface area contributed by atoms with Gasteiger partial charge in [0, 0.05) is 30.1 Å². The molecule has 2 aromatic heterocycles. The Labute approximate surface area is 201 Å². The Balaban J connectivity index is 0.000000302. The first-order chi connectivity index (χ1) is 16.2. The molecule has 178 valence electrons. The maximum Gasteiger partial charge on any atom is 0.251 e. The van der Waals surface area contributed by atoms with Crippen molar-refractivity contribution in [1.29, 1.82) is 0 Å². The van der Waals surface area contributed by atoms with Crippen LogP contribution >= 0.6 is 0 Å². The van der Waals surface area contributed by atoms with Gasteiger partial charge >= 0.3 is 0 Å². The Hall–Kier alpha value is -3.58. The molecule has 0 radical (unpaired) electrons. The molecule has 0 spiro atoms. The van der Waals surface area contributed by atoms with Gasteiger partial charge in [0.15, 0.2) is 5.65 Å². The number of carbonyl (C=O) groups excluding carboxylic acids is 1. The second kappa shape index (κ2) is 11.5. The summed E-state index contributed by atoms with van der Waals surface area (Å²) in [7, 11) is 4.04. The molecule has 0 saturated heterocycles. The number of hydrogen-bond acceptors (Lipinski definition) is 5. The zero-order chi connectivity index (χ0) is 24.7. The molecule has 4 aromatic rings. The quantitative estimate of drug-likeness (QED) is 0.434. The molecule has 7 nitrogen and oxygen atoms in total. The third kappa shape index (κ3) is 6.96. The fourth-order valence-corrected chi connectivity index (χ4v) is 3.84. The summed E-state index contributed by atoms with van der Waals surface area (Å²) in [5, 5.41) is 7.26. The monoisotopic (exact) mass is 458 g/mol. The molecule has 0 fully saturated rings. The van der Waals surface area contributed by atoms with E-state index in [9.17, 15) is 4.79 Å². The van der Waals surface area contributed by atoms with E-state index < -0.39 is 0 Å². The standard InChI is InChI=1S/C18H22N6O.C9H12/c1-13-21-17-16(19-9-11-24(17)22-13)14-6-4-7-15(12-14)18(25)20-8-5-10-23(2)3;1-7-4-8(2)6-9(3)5-7/h4,6-7,9,11-12H,5,8,10H2,1-3H3,(H,20,25);4-6H,1-3H3. The number of fused-ring (bicyclic) bond motifs is 1. The van der Waals surface area contributed by atoms with Crippen LogP contribution in [0.4, 0.5) is 0 Å². The van der Waals surface area contributed by atoms with Crippen LogP contribution in [0.15, 0.2) is 54.9 Å². The van der Waals surface area contributed by atoms with Crippen LogP contribution in [0.3, 0.4) is 0 Å². The predicted octanol–water partition coefficient (Wildman–Crippen LogP) is 4.39. The highest BCUT2D eigenvalue weighted by Gasteiger charge is 2.12. The largest absolute Gasteiger partial charge is 0.352 e. The van der Waals surface area contributed by atoms with Crippen LogP contribution in [0.5, 0.6) is 0 Å². The number of benzene rings is 2. The van der Waals surface area contributed by atoms with E-state index in [1.165, 1.54) is 16.7 Å². The number of nitrogens with one attached hydrogen (secondary N) is 1. The van der Waals surface area contributed by atoms with Gasteiger partial charge in [0.25, 0.3) is 5.91 Å². The Morgan fingerprint density at radius 1 is 1.00 bits per heavy atom. The van der Waals surface area contributed by atoms with Crippen LogP contribution < -0.4 is 5.32 Å². The zero-order valence-corrected chi connectivity index (χ0v) is 21.0. The second-order valence-electron chi connectivity index (χ2n) is 8.86. The Morgan fingerprint density at radius 3 is 2.32 bits per heavy atom. The van der Waals surface area contributed by atoms with Gasteiger partial charge in [0.2, 0.25) is 0 Å². The van der Waals surface area contributed by atoms with Gasteiger partial charge in [-0.2, -0.15) is 5.10 Å². The molecule has 7 heteroatoms. The molecule has 2 aromatic carbocycles. The zero-order valence-electron chi connectivity index (χ0n) is 21.0. The average molecular weight is 459 g/mol. The molecule has 0 bridgehead atoms. The van der Waals surface area contributed by atoms with Gasteiger partial charge in [-0.1, -0.05) is 47.0 Å². The summed E-state index contributed by atoms with van der Waals surface area (Å²) in [5.74, 6) is 0.606. The van der Waals surface area contributed by atoms with Crippen molar-refractivity contribution >= 4 is 11.6 Å². The molecule has 0 unspecified atom stereocenters. The molecule has 0 atom stereocenters. The average Bonchev–Trinajstić information content (AvgIpc) is 3.16. The van der Waals surface area contributed by atoms with E-state index in [1.54, 1.807) is 23.0 Å². The van der Waals surface area contributed by atoms with Gasteiger partial charge < -0.3 is 10.2 Å². The normalized spacial score (nSPS) is 10.8. The number of aryl methyl sites for hydroxylation is 4. The summed E-state index contributed by atoms with van der Waals surface area (Å²) < 4.78 is 1.70. The Kier molecular flexibility index (Phi) is 8.49. The van der Waals surface area contributed by atoms with Gasteiger partial charge in [0.1, 0.15) is 11.5 Å². The van der Waals surface area contributed by atoms with Crippen LogP contribution in [0.2, 0.25) is 0 Å². The minimum Gasteiger partial charge on any atom is -0.352 e. The van der Waals surface area contributed by atoms with Crippen molar-refractivity contribution in [3.63, 3.8) is 0 Å². The van der Waals surface area contributed by atoms with E-state index in [1.807, 2.05) is 39.2 Å². The first kappa shape index (κ1) is 25.1. The molecule has 1 N–H and O–H groups in total. The van der Waals surface area contributed by atoms with Crippen molar-refractivity contribution < 1.29 is 4.79 Å². The van der Waals surface area contributed by atoms with Crippen molar-refractivity contribution in [1.82, 2.24) is 29.8 Å². The molecule has 1 amide bonds. The minimum absolute atomic E-state index is 0.0785. The predicted molar refractivity (Wildman–Crippen MR) is 137 cm³/mol. The van der Waals surface area contributed by atoms with E-state index in [0.29, 0.717) is 29.3 Å². The summed E-state index contributed by atoms with van der Waals surface area (Å²) in [5.41, 5.74) is 6.92. The van der Waals surface area contributed by atoms with E-state index in [2.05, 4.69) is 64.3 Å². The fraction of sp³-hybridized carbons (Fsp3) is 0.333. The number of nitrogens with zero attached hydrogens (tertiary/aromatic N) is 5. The highest BCUT2D eigenvalue weighted by Crippen LogP contribution is 2.22. The number of aromatic nitrogens is 4. The lowest BCUT2D eigenvalue weighted by atomic mass is 10.1. The third-order valence-corrected chi connectivity index (χ3v) is 5.19. The van der Waals surface area contributed by atoms with Gasteiger partial charge in [-0.05, 0) is 66.9 Å². The topological polar surface area (TPSA) is 75.4 Å². The number of carbonyl (C=O) groups is 1. The number of amides is 1. The first-order valence-electron chi connectivity index (χ1n) is 11.5. The first-order valence-corrected chi connectivity index (χ1v) is 11.5. The van der Waals surface area contributed by atoms with Gasteiger partial charge in [0.05, 0.1) is 0 Å². The van der Waals surface area contributed by atoms with Crippen LogP contribution in [0.1, 0.15) is 39.3 Å². The Morgan fingerprint density at radius 2 is 1.68 bits per heavy atom. The smallest absolute Gasteiger partial charge is 0.251 e. The maximum absolute atomic E-state index is 12.4. The molecule has 4 rings (SSSR count). The van der Waals surface area contributed by atoms with Crippen LogP contribution in [-0.2, 0) is 0 Å². The van der Waals surface area contributed by atoms with Crippen LogP contribution in [0, 0.1) is 27.7 Å². The van der Waals surface area contributed by atoms with E-state index in [-0.39, 0.29) is 5.91 Å². The van der Waals surface area contributed by atoms with Crippen molar-refractivity contribution in [3.8, 4) is 11.3 Å². The molecule has 0 aliphatic carbocycles. The number of rotatable bonds is 6. The van der Waals surface area contributed by atoms with E-state index in [0.717, 1.165) is 18.5 Å². The second-order valence-corrected chi connectivity index (χ2v) is 8.86. The van der Waals surface area contributed by atoms with Crippen molar-refractivity contribution in [2.24, 2.45) is 0 Å². The number of hydrogen-bond donors (Lipinski definition) is 1. The lowest BCUT2D eigenvalue weighted by Gasteiger charge is -2.10. The van der Waals surface area contributed by atoms with E-state index >= 15 is 0 Å². The summed E-state index contributed by atoms with van der Waals surface area (Å²) in [6.07, 6.45) is 4.36. The summed E-state index contributed by atoms with van der Waals surface area (Å²) in [4.78, 5) is 23.3. The minimum atomic E-state index is -0.0785. The molecule has 0 aliphatic rings. The van der Waals surface area contributed by atoms with Gasteiger partial charge in [-0.15, -0.1) is 0 Å². The van der Waals surface area contributed by atoms with Crippen LogP contribution in [0.25, 0.3) is 16.9 Å². The highest BCUT2D eigenvalue weighted by atomic mass is 16.1. The fourth-order valence-electron chi connectivity index (χ4n) is 3.84. The van der Waals surface area contributed by atoms with Gasteiger partial charge in [-0.25, -0.2) is 9.50 Å². The molecule has 2 heterocycles. The molecular weight excluding hydrogens is 424 g/mol.